The molecule has 184 valence electrons. The summed E-state index contributed by atoms with van der Waals surface area (Å²) >= 11 is 14.4. The number of carbonyl (C=O) groups excluding carboxylic acids is 1. The first-order valence-corrected chi connectivity index (χ1v) is 13.6. The number of hydrogen-bond acceptors (Lipinski definition) is 4. The molecule has 0 bridgehead atoms. The lowest BCUT2D eigenvalue weighted by Crippen LogP contribution is -2.30. The van der Waals surface area contributed by atoms with Crippen molar-refractivity contribution in [3.05, 3.63) is 105 Å². The van der Waals surface area contributed by atoms with Crippen molar-refractivity contribution < 1.29 is 4.79 Å². The second-order valence-corrected chi connectivity index (χ2v) is 10.9. The van der Waals surface area contributed by atoms with Gasteiger partial charge in [-0.25, -0.2) is 0 Å². The van der Waals surface area contributed by atoms with E-state index in [2.05, 4.69) is 46.7 Å². The van der Waals surface area contributed by atoms with E-state index in [1.54, 1.807) is 23.9 Å². The van der Waals surface area contributed by atoms with Gasteiger partial charge in [-0.2, -0.15) is 0 Å². The number of hydrogen-bond donors (Lipinski definition) is 1. The van der Waals surface area contributed by atoms with Crippen molar-refractivity contribution >= 4 is 40.9 Å². The summed E-state index contributed by atoms with van der Waals surface area (Å²) in [5, 5.41) is 13.9. The minimum absolute atomic E-state index is 0.0276. The Kier molecular flexibility index (Phi) is 7.37. The van der Waals surface area contributed by atoms with E-state index >= 15 is 0 Å². The van der Waals surface area contributed by atoms with E-state index in [1.165, 1.54) is 16.7 Å². The highest BCUT2D eigenvalue weighted by atomic mass is 35.5. The molecule has 1 heterocycles. The normalized spacial score (nSPS) is 17.6. The fourth-order valence-corrected chi connectivity index (χ4v) is 5.92. The second kappa shape index (κ2) is 10.7. The zero-order valence-corrected chi connectivity index (χ0v) is 22.3. The van der Waals surface area contributed by atoms with Crippen LogP contribution in [0.5, 0.6) is 0 Å². The van der Waals surface area contributed by atoms with E-state index < -0.39 is 0 Å². The molecule has 1 aliphatic carbocycles. The Bertz CT molecular complexity index is 1390. The van der Waals surface area contributed by atoms with Gasteiger partial charge in [0.05, 0.1) is 16.8 Å². The van der Waals surface area contributed by atoms with E-state index in [-0.39, 0.29) is 23.8 Å². The van der Waals surface area contributed by atoms with Crippen molar-refractivity contribution in [3.8, 4) is 5.69 Å². The SMILES string of the molecule is Cc1ccccc1CSc1nnc(C(C)NC(=O)C2CC2c2ccccc2)n1-c1ccc(Cl)cc1Cl. The summed E-state index contributed by atoms with van der Waals surface area (Å²) in [6, 6.07) is 23.5. The van der Waals surface area contributed by atoms with Crippen LogP contribution in [0, 0.1) is 12.8 Å². The van der Waals surface area contributed by atoms with Crippen molar-refractivity contribution in [1.29, 1.82) is 0 Å². The summed E-state index contributed by atoms with van der Waals surface area (Å²) in [6.07, 6.45) is 0.857. The van der Waals surface area contributed by atoms with Gasteiger partial charge in [0.25, 0.3) is 0 Å². The van der Waals surface area contributed by atoms with Crippen LogP contribution in [-0.4, -0.2) is 20.7 Å². The Morgan fingerprint density at radius 2 is 1.83 bits per heavy atom. The Hall–Kier alpha value is -2.80. The number of rotatable bonds is 8. The van der Waals surface area contributed by atoms with Gasteiger partial charge < -0.3 is 5.32 Å². The highest BCUT2D eigenvalue weighted by molar-refractivity contribution is 7.98. The molecular formula is C28H26Cl2N4OS. The molecule has 1 N–H and O–H groups in total. The van der Waals surface area contributed by atoms with E-state index in [0.717, 1.165) is 17.9 Å². The molecule has 4 aromatic rings. The van der Waals surface area contributed by atoms with Gasteiger partial charge in [0, 0.05) is 16.7 Å². The molecule has 0 aliphatic heterocycles. The van der Waals surface area contributed by atoms with Crippen LogP contribution in [0.3, 0.4) is 0 Å². The minimum atomic E-state index is -0.360. The Morgan fingerprint density at radius 1 is 1.08 bits per heavy atom. The maximum Gasteiger partial charge on any atom is 0.224 e. The molecule has 0 spiro atoms. The van der Waals surface area contributed by atoms with E-state index in [0.29, 0.717) is 21.0 Å². The van der Waals surface area contributed by atoms with Gasteiger partial charge in [-0.15, -0.1) is 10.2 Å². The molecule has 3 aromatic carbocycles. The van der Waals surface area contributed by atoms with Gasteiger partial charge in [0.2, 0.25) is 5.91 Å². The third kappa shape index (κ3) is 5.31. The molecule has 8 heteroatoms. The number of benzene rings is 3. The van der Waals surface area contributed by atoms with Crippen LogP contribution < -0.4 is 5.32 Å². The Morgan fingerprint density at radius 3 is 2.58 bits per heavy atom. The first-order chi connectivity index (χ1) is 17.4. The highest BCUT2D eigenvalue weighted by Crippen LogP contribution is 2.47. The van der Waals surface area contributed by atoms with Crippen LogP contribution >= 0.6 is 35.0 Å². The van der Waals surface area contributed by atoms with Gasteiger partial charge in [-0.05, 0) is 61.1 Å². The molecule has 1 amide bonds. The molecule has 1 fully saturated rings. The largest absolute Gasteiger partial charge is 0.346 e. The number of aromatic nitrogens is 3. The molecule has 1 aliphatic rings. The number of thioether (sulfide) groups is 1. The van der Waals surface area contributed by atoms with Crippen molar-refractivity contribution in [2.75, 3.05) is 0 Å². The summed E-state index contributed by atoms with van der Waals surface area (Å²) < 4.78 is 1.92. The van der Waals surface area contributed by atoms with Crippen LogP contribution in [-0.2, 0) is 10.5 Å². The fourth-order valence-electron chi connectivity index (χ4n) is 4.40. The first-order valence-electron chi connectivity index (χ1n) is 11.9. The summed E-state index contributed by atoms with van der Waals surface area (Å²) in [4.78, 5) is 13.1. The molecular weight excluding hydrogens is 511 g/mol. The topological polar surface area (TPSA) is 59.8 Å². The van der Waals surface area contributed by atoms with Crippen LogP contribution in [0.2, 0.25) is 10.0 Å². The minimum Gasteiger partial charge on any atom is -0.346 e. The number of carbonyl (C=O) groups is 1. The lowest BCUT2D eigenvalue weighted by Gasteiger charge is -2.17. The number of aryl methyl sites for hydroxylation is 1. The van der Waals surface area contributed by atoms with Gasteiger partial charge in [-0.1, -0.05) is 89.6 Å². The summed E-state index contributed by atoms with van der Waals surface area (Å²) in [5.41, 5.74) is 4.38. The lowest BCUT2D eigenvalue weighted by molar-refractivity contribution is -0.123. The average molecular weight is 538 g/mol. The molecule has 0 saturated heterocycles. The monoisotopic (exact) mass is 536 g/mol. The second-order valence-electron chi connectivity index (χ2n) is 9.08. The van der Waals surface area contributed by atoms with Gasteiger partial charge in [-0.3, -0.25) is 9.36 Å². The number of nitrogens with zero attached hydrogens (tertiary/aromatic N) is 3. The molecule has 3 unspecified atom stereocenters. The van der Waals surface area contributed by atoms with E-state index in [4.69, 9.17) is 23.2 Å². The quantitative estimate of drug-likeness (QED) is 0.243. The van der Waals surface area contributed by atoms with Crippen molar-refractivity contribution in [3.63, 3.8) is 0 Å². The predicted octanol–water partition coefficient (Wildman–Crippen LogP) is 7.16. The molecule has 36 heavy (non-hydrogen) atoms. The third-order valence-corrected chi connectivity index (χ3v) is 8.04. The van der Waals surface area contributed by atoms with E-state index in [9.17, 15) is 4.79 Å². The molecule has 5 nitrogen and oxygen atoms in total. The van der Waals surface area contributed by atoms with Crippen molar-refractivity contribution in [2.45, 2.75) is 43.1 Å². The van der Waals surface area contributed by atoms with Crippen LogP contribution in [0.25, 0.3) is 5.69 Å². The fraction of sp³-hybridized carbons (Fsp3) is 0.250. The standard InChI is InChI=1S/C28H26Cl2N4OS/c1-17-8-6-7-11-20(17)16-36-28-33-32-26(34(28)25-13-12-21(29)14-24(25)30)18(2)31-27(35)23-15-22(23)19-9-4-3-5-10-19/h3-14,18,22-23H,15-16H2,1-2H3,(H,31,35). The maximum atomic E-state index is 13.1. The zero-order chi connectivity index (χ0) is 25.2. The summed E-state index contributed by atoms with van der Waals surface area (Å²) in [5.74, 6) is 1.62. The van der Waals surface area contributed by atoms with Gasteiger partial charge >= 0.3 is 0 Å². The number of halogens is 2. The predicted molar refractivity (Wildman–Crippen MR) is 146 cm³/mol. The number of amides is 1. The average Bonchev–Trinajstić information content (AvgIpc) is 3.57. The summed E-state index contributed by atoms with van der Waals surface area (Å²) in [7, 11) is 0. The van der Waals surface area contributed by atoms with Crippen LogP contribution in [0.15, 0.2) is 78.0 Å². The first kappa shape index (κ1) is 24.9. The third-order valence-electron chi connectivity index (χ3n) is 6.53. The van der Waals surface area contributed by atoms with Crippen LogP contribution in [0.1, 0.15) is 47.8 Å². The van der Waals surface area contributed by atoms with Gasteiger partial charge in [0.1, 0.15) is 0 Å². The Labute approximate surface area is 225 Å². The van der Waals surface area contributed by atoms with Crippen molar-refractivity contribution in [1.82, 2.24) is 20.1 Å². The zero-order valence-electron chi connectivity index (χ0n) is 20.0. The smallest absolute Gasteiger partial charge is 0.224 e. The molecule has 3 atom stereocenters. The Balaban J connectivity index is 1.39. The molecule has 0 radical (unpaired) electrons. The maximum absolute atomic E-state index is 13.1. The molecule has 5 rings (SSSR count). The van der Waals surface area contributed by atoms with Crippen molar-refractivity contribution in [2.24, 2.45) is 5.92 Å². The molecule has 1 aromatic heterocycles. The number of nitrogens with one attached hydrogen (secondary N) is 1. The lowest BCUT2D eigenvalue weighted by atomic mass is 10.1. The molecule has 1 saturated carbocycles. The van der Waals surface area contributed by atoms with Gasteiger partial charge in [0.15, 0.2) is 11.0 Å². The van der Waals surface area contributed by atoms with E-state index in [1.807, 2.05) is 47.9 Å². The summed E-state index contributed by atoms with van der Waals surface area (Å²) in [6.45, 7) is 4.03. The van der Waals surface area contributed by atoms with Crippen LogP contribution in [0.4, 0.5) is 0 Å². The highest BCUT2D eigenvalue weighted by Gasteiger charge is 2.44.